The van der Waals surface area contributed by atoms with Crippen LogP contribution in [0.5, 0.6) is 11.5 Å². The highest BCUT2D eigenvalue weighted by molar-refractivity contribution is 7.91. The number of hydrogen-bond donors (Lipinski definition) is 1. The number of carbonyl (C=O) groups is 1. The summed E-state index contributed by atoms with van der Waals surface area (Å²) in [6, 6.07) is 11.6. The van der Waals surface area contributed by atoms with Crippen LogP contribution in [0.25, 0.3) is 10.4 Å². The van der Waals surface area contributed by atoms with Crippen LogP contribution in [0.2, 0.25) is 5.02 Å². The molecule has 2 aromatic carbocycles. The fourth-order valence-corrected chi connectivity index (χ4v) is 6.53. The fourth-order valence-electron chi connectivity index (χ4n) is 3.41. The van der Waals surface area contributed by atoms with Crippen molar-refractivity contribution in [3.63, 3.8) is 0 Å². The Hall–Kier alpha value is -2.55. The Morgan fingerprint density at radius 2 is 1.83 bits per heavy atom. The van der Waals surface area contributed by atoms with Crippen LogP contribution < -0.4 is 14.8 Å². The normalized spacial score (nSPS) is 15.9. The predicted molar refractivity (Wildman–Crippen MR) is 111 cm³/mol. The van der Waals surface area contributed by atoms with Gasteiger partial charge in [0.1, 0.15) is 13.2 Å². The summed E-state index contributed by atoms with van der Waals surface area (Å²) in [5.74, 6) is 0.760. The molecule has 0 spiro atoms. The maximum atomic E-state index is 12.8. The maximum Gasteiger partial charge on any atom is 0.265 e. The van der Waals surface area contributed by atoms with Crippen LogP contribution in [-0.4, -0.2) is 27.5 Å². The lowest BCUT2D eigenvalue weighted by atomic mass is 10.1. The first-order chi connectivity index (χ1) is 13.9. The smallest absolute Gasteiger partial charge is 0.265 e. The van der Waals surface area contributed by atoms with Crippen molar-refractivity contribution in [2.75, 3.05) is 18.5 Å². The number of thiophene rings is 1. The number of ether oxygens (including phenoxy) is 2. The summed E-state index contributed by atoms with van der Waals surface area (Å²) >= 11 is 7.25. The zero-order chi connectivity index (χ0) is 20.2. The Morgan fingerprint density at radius 3 is 2.66 bits per heavy atom. The molecule has 148 valence electrons. The number of amides is 1. The van der Waals surface area contributed by atoms with Crippen molar-refractivity contribution >= 4 is 44.4 Å². The molecule has 29 heavy (non-hydrogen) atoms. The van der Waals surface area contributed by atoms with Gasteiger partial charge in [0.25, 0.3) is 5.91 Å². The Bertz CT molecular complexity index is 1270. The molecule has 0 radical (unpaired) electrons. The Morgan fingerprint density at radius 1 is 1.03 bits per heavy atom. The molecule has 0 bridgehead atoms. The van der Waals surface area contributed by atoms with Crippen LogP contribution in [-0.2, 0) is 15.6 Å². The van der Waals surface area contributed by atoms with E-state index >= 15 is 0 Å². The van der Waals surface area contributed by atoms with Gasteiger partial charge in [-0.2, -0.15) is 0 Å². The monoisotopic (exact) mass is 447 g/mol. The molecule has 5 rings (SSSR count). The number of nitrogens with one attached hydrogen (secondary N) is 1. The Balaban J connectivity index is 1.47. The molecule has 0 saturated carbocycles. The van der Waals surface area contributed by atoms with E-state index in [0.717, 1.165) is 4.88 Å². The number of carbonyl (C=O) groups excluding carboxylic acids is 1. The summed E-state index contributed by atoms with van der Waals surface area (Å²) in [7, 11) is -3.50. The minimum absolute atomic E-state index is 0.149. The third-order valence-electron chi connectivity index (χ3n) is 4.70. The van der Waals surface area contributed by atoms with E-state index in [2.05, 4.69) is 5.32 Å². The predicted octanol–water partition coefficient (Wildman–Crippen LogP) is 4.38. The summed E-state index contributed by atoms with van der Waals surface area (Å²) in [5.41, 5.74) is 1.78. The minimum atomic E-state index is -3.50. The first-order valence-corrected chi connectivity index (χ1v) is 11.6. The van der Waals surface area contributed by atoms with Crippen LogP contribution in [0, 0.1) is 0 Å². The third-order valence-corrected chi connectivity index (χ3v) is 7.85. The molecule has 6 nitrogen and oxygen atoms in total. The van der Waals surface area contributed by atoms with Gasteiger partial charge < -0.3 is 14.8 Å². The summed E-state index contributed by atoms with van der Waals surface area (Å²) in [6.07, 6.45) is 0. The van der Waals surface area contributed by atoms with Crippen molar-refractivity contribution in [2.45, 2.75) is 10.6 Å². The van der Waals surface area contributed by atoms with Crippen molar-refractivity contribution in [1.29, 1.82) is 0 Å². The van der Waals surface area contributed by atoms with E-state index in [1.165, 1.54) is 17.4 Å². The highest BCUT2D eigenvalue weighted by atomic mass is 35.5. The second-order valence-corrected chi connectivity index (χ2v) is 10.1. The number of hydrogen-bond acceptors (Lipinski definition) is 6. The lowest BCUT2D eigenvalue weighted by Crippen LogP contribution is -2.16. The molecule has 2 aliphatic rings. The second-order valence-electron chi connectivity index (χ2n) is 6.68. The summed E-state index contributed by atoms with van der Waals surface area (Å²) < 4.78 is 36.2. The van der Waals surface area contributed by atoms with E-state index in [4.69, 9.17) is 21.1 Å². The van der Waals surface area contributed by atoms with Gasteiger partial charge in [0.2, 0.25) is 0 Å². The van der Waals surface area contributed by atoms with Gasteiger partial charge in [-0.25, -0.2) is 8.42 Å². The second kappa shape index (κ2) is 6.76. The summed E-state index contributed by atoms with van der Waals surface area (Å²) in [5, 5.41) is 3.20. The Labute approximate surface area is 176 Å². The standard InChI is InChI=1S/C20H14ClNO5S2/c21-12-1-3-14-18(8-12)29(24,25)10-11-7-17(28-19(11)14)20(23)22-13-2-4-15-16(9-13)27-6-5-26-15/h1-4,7-9H,5-6,10H2,(H,22,23). The van der Waals surface area contributed by atoms with Gasteiger partial charge in [-0.15, -0.1) is 11.3 Å². The van der Waals surface area contributed by atoms with Crippen molar-refractivity contribution in [3.8, 4) is 21.9 Å². The molecular formula is C20H14ClNO5S2. The quantitative estimate of drug-likeness (QED) is 0.630. The zero-order valence-corrected chi connectivity index (χ0v) is 17.3. The largest absolute Gasteiger partial charge is 0.486 e. The summed E-state index contributed by atoms with van der Waals surface area (Å²) in [6.45, 7) is 0.953. The first kappa shape index (κ1) is 18.5. The molecule has 0 atom stereocenters. The molecule has 2 aliphatic heterocycles. The summed E-state index contributed by atoms with van der Waals surface area (Å²) in [4.78, 5) is 14.2. The van der Waals surface area contributed by atoms with E-state index in [9.17, 15) is 13.2 Å². The lowest BCUT2D eigenvalue weighted by molar-refractivity contribution is 0.103. The fraction of sp³-hybridized carbons (Fsp3) is 0.150. The number of benzene rings is 2. The number of fused-ring (bicyclic) bond motifs is 4. The number of rotatable bonds is 2. The van der Waals surface area contributed by atoms with Crippen LogP contribution in [0.4, 0.5) is 5.69 Å². The van der Waals surface area contributed by atoms with Crippen molar-refractivity contribution in [1.82, 2.24) is 0 Å². The lowest BCUT2D eigenvalue weighted by Gasteiger charge is -2.18. The van der Waals surface area contributed by atoms with Gasteiger partial charge in [-0.05, 0) is 35.9 Å². The van der Waals surface area contributed by atoms with Gasteiger partial charge in [0.05, 0.1) is 15.5 Å². The van der Waals surface area contributed by atoms with Crippen LogP contribution in [0.3, 0.4) is 0 Å². The third kappa shape index (κ3) is 3.27. The van der Waals surface area contributed by atoms with Gasteiger partial charge in [0.15, 0.2) is 21.3 Å². The molecule has 1 aromatic heterocycles. The van der Waals surface area contributed by atoms with E-state index in [1.54, 1.807) is 36.4 Å². The molecule has 0 saturated heterocycles. The molecule has 3 aromatic rings. The molecule has 1 amide bonds. The number of halogens is 1. The van der Waals surface area contributed by atoms with E-state index in [1.807, 2.05) is 0 Å². The highest BCUT2D eigenvalue weighted by Crippen LogP contribution is 2.44. The van der Waals surface area contributed by atoms with Crippen molar-refractivity contribution in [2.24, 2.45) is 0 Å². The van der Waals surface area contributed by atoms with Crippen molar-refractivity contribution in [3.05, 3.63) is 57.9 Å². The highest BCUT2D eigenvalue weighted by Gasteiger charge is 2.31. The molecule has 0 fully saturated rings. The maximum absolute atomic E-state index is 12.8. The van der Waals surface area contributed by atoms with E-state index < -0.39 is 9.84 Å². The van der Waals surface area contributed by atoms with Crippen molar-refractivity contribution < 1.29 is 22.7 Å². The zero-order valence-electron chi connectivity index (χ0n) is 14.9. The van der Waals surface area contributed by atoms with Crippen LogP contribution >= 0.6 is 22.9 Å². The molecule has 9 heteroatoms. The van der Waals surface area contributed by atoms with Gasteiger partial charge in [-0.3, -0.25) is 4.79 Å². The Kier molecular flexibility index (Phi) is 4.31. The topological polar surface area (TPSA) is 81.7 Å². The molecule has 0 aliphatic carbocycles. The van der Waals surface area contributed by atoms with E-state index in [0.29, 0.717) is 51.4 Å². The van der Waals surface area contributed by atoms with Gasteiger partial charge >= 0.3 is 0 Å². The van der Waals surface area contributed by atoms with Gasteiger partial charge in [0, 0.05) is 27.2 Å². The SMILES string of the molecule is O=C(Nc1ccc2c(c1)OCCO2)c1cc2c(s1)-c1ccc(Cl)cc1S(=O)(=O)C2. The number of anilines is 1. The molecular weight excluding hydrogens is 434 g/mol. The average molecular weight is 448 g/mol. The van der Waals surface area contributed by atoms with Crippen LogP contribution in [0.15, 0.2) is 47.4 Å². The average Bonchev–Trinajstić information content (AvgIpc) is 3.11. The molecule has 3 heterocycles. The molecule has 0 unspecified atom stereocenters. The van der Waals surface area contributed by atoms with Gasteiger partial charge in [-0.1, -0.05) is 17.7 Å². The number of sulfone groups is 1. The minimum Gasteiger partial charge on any atom is -0.486 e. The molecule has 1 N–H and O–H groups in total. The first-order valence-electron chi connectivity index (χ1n) is 8.77. The van der Waals surface area contributed by atoms with Crippen LogP contribution in [0.1, 0.15) is 15.2 Å². The van der Waals surface area contributed by atoms with E-state index in [-0.39, 0.29) is 16.6 Å².